The fourth-order valence-corrected chi connectivity index (χ4v) is 4.44. The van der Waals surface area contributed by atoms with Gasteiger partial charge in [0.2, 0.25) is 5.91 Å². The molecule has 0 spiro atoms. The molecule has 0 atom stereocenters. The molecule has 0 saturated heterocycles. The molecule has 5 nitrogen and oxygen atoms in total. The molecule has 156 valence electrons. The molecule has 0 saturated carbocycles. The lowest BCUT2D eigenvalue weighted by Gasteiger charge is -2.11. The van der Waals surface area contributed by atoms with E-state index in [9.17, 15) is 4.79 Å². The van der Waals surface area contributed by atoms with Crippen LogP contribution in [0.1, 0.15) is 0 Å². The van der Waals surface area contributed by atoms with Crippen molar-refractivity contribution in [1.29, 1.82) is 0 Å². The maximum atomic E-state index is 12.5. The van der Waals surface area contributed by atoms with Crippen LogP contribution in [0.15, 0.2) is 78.0 Å². The minimum Gasteiger partial charge on any atom is -0.325 e. The summed E-state index contributed by atoms with van der Waals surface area (Å²) in [6.07, 6.45) is 0. The summed E-state index contributed by atoms with van der Waals surface area (Å²) in [6.45, 7) is 0. The highest BCUT2D eigenvalue weighted by Gasteiger charge is 2.19. The van der Waals surface area contributed by atoms with Crippen molar-refractivity contribution in [3.63, 3.8) is 0 Å². The SMILES string of the molecule is O=C(CSc1nnc(-c2ccccc2Cl)n1-c1ccccc1)Nc1cc(Cl)cc(Cl)c1. The number of benzene rings is 3. The molecule has 0 unspecified atom stereocenters. The summed E-state index contributed by atoms with van der Waals surface area (Å²) in [4.78, 5) is 12.5. The number of nitrogens with zero attached hydrogens (tertiary/aromatic N) is 3. The molecular weight excluding hydrogens is 475 g/mol. The second kappa shape index (κ2) is 9.75. The van der Waals surface area contributed by atoms with Crippen LogP contribution in [0.5, 0.6) is 0 Å². The number of halogens is 3. The average Bonchev–Trinajstić information content (AvgIpc) is 3.16. The van der Waals surface area contributed by atoms with E-state index in [0.29, 0.717) is 31.7 Å². The standard InChI is InChI=1S/C22H15Cl3N4OS/c23-14-10-15(24)12-16(11-14)26-20(30)13-31-22-28-27-21(18-8-4-5-9-19(18)25)29(22)17-6-2-1-3-7-17/h1-12H,13H2,(H,26,30). The number of rotatable bonds is 6. The van der Waals surface area contributed by atoms with Gasteiger partial charge in [0, 0.05) is 27.0 Å². The van der Waals surface area contributed by atoms with Crippen molar-refractivity contribution < 1.29 is 4.79 Å². The number of carbonyl (C=O) groups is 1. The zero-order valence-electron chi connectivity index (χ0n) is 15.9. The van der Waals surface area contributed by atoms with Crippen molar-refractivity contribution in [2.24, 2.45) is 0 Å². The predicted molar refractivity (Wildman–Crippen MR) is 128 cm³/mol. The van der Waals surface area contributed by atoms with Crippen LogP contribution in [0, 0.1) is 0 Å². The molecule has 9 heteroatoms. The van der Waals surface area contributed by atoms with Gasteiger partial charge in [-0.15, -0.1) is 10.2 Å². The summed E-state index contributed by atoms with van der Waals surface area (Å²) in [5, 5.41) is 13.5. The largest absolute Gasteiger partial charge is 0.325 e. The molecule has 1 aromatic heterocycles. The minimum atomic E-state index is -0.217. The number of hydrogen-bond donors (Lipinski definition) is 1. The highest BCUT2D eigenvalue weighted by molar-refractivity contribution is 7.99. The van der Waals surface area contributed by atoms with Crippen LogP contribution in [-0.2, 0) is 4.79 Å². The molecule has 3 aromatic carbocycles. The second-order valence-electron chi connectivity index (χ2n) is 6.45. The van der Waals surface area contributed by atoms with Gasteiger partial charge in [-0.05, 0) is 42.5 Å². The summed E-state index contributed by atoms with van der Waals surface area (Å²) in [6, 6.07) is 22.0. The van der Waals surface area contributed by atoms with Gasteiger partial charge in [-0.1, -0.05) is 76.9 Å². The number of thioether (sulfide) groups is 1. The van der Waals surface area contributed by atoms with E-state index in [0.717, 1.165) is 11.3 Å². The minimum absolute atomic E-state index is 0.123. The molecule has 0 fully saturated rings. The number of hydrogen-bond acceptors (Lipinski definition) is 4. The smallest absolute Gasteiger partial charge is 0.234 e. The first kappa shape index (κ1) is 21.7. The number of para-hydroxylation sites is 1. The molecule has 0 bridgehead atoms. The number of nitrogens with one attached hydrogen (secondary N) is 1. The molecule has 1 amide bonds. The Labute approximate surface area is 198 Å². The number of amides is 1. The maximum absolute atomic E-state index is 12.5. The van der Waals surface area contributed by atoms with Gasteiger partial charge >= 0.3 is 0 Å². The van der Waals surface area contributed by atoms with E-state index in [1.807, 2.05) is 53.1 Å². The lowest BCUT2D eigenvalue weighted by atomic mass is 10.2. The van der Waals surface area contributed by atoms with E-state index >= 15 is 0 Å². The van der Waals surface area contributed by atoms with Crippen LogP contribution >= 0.6 is 46.6 Å². The molecule has 0 aliphatic heterocycles. The molecule has 4 aromatic rings. The summed E-state index contributed by atoms with van der Waals surface area (Å²) >= 11 is 19.7. The molecule has 4 rings (SSSR count). The van der Waals surface area contributed by atoms with E-state index in [2.05, 4.69) is 15.5 Å². The van der Waals surface area contributed by atoms with Crippen LogP contribution in [-0.4, -0.2) is 26.4 Å². The Morgan fingerprint density at radius 3 is 2.29 bits per heavy atom. The van der Waals surface area contributed by atoms with Gasteiger partial charge in [0.1, 0.15) is 0 Å². The lowest BCUT2D eigenvalue weighted by Crippen LogP contribution is -2.14. The van der Waals surface area contributed by atoms with Crippen LogP contribution in [0.25, 0.3) is 17.1 Å². The number of carbonyl (C=O) groups excluding carboxylic acids is 1. The van der Waals surface area contributed by atoms with Gasteiger partial charge in [-0.25, -0.2) is 0 Å². The Hall–Kier alpha value is -2.51. The molecule has 0 aliphatic carbocycles. The van der Waals surface area contributed by atoms with Crippen molar-refractivity contribution >= 4 is 58.2 Å². The monoisotopic (exact) mass is 488 g/mol. The van der Waals surface area contributed by atoms with Gasteiger partial charge in [0.05, 0.1) is 10.8 Å². The average molecular weight is 490 g/mol. The Morgan fingerprint density at radius 1 is 0.903 bits per heavy atom. The van der Waals surface area contributed by atoms with E-state index in [4.69, 9.17) is 34.8 Å². The first-order valence-corrected chi connectivity index (χ1v) is 11.3. The third kappa shape index (κ3) is 5.22. The summed E-state index contributed by atoms with van der Waals surface area (Å²) < 4.78 is 1.88. The molecular formula is C22H15Cl3N4OS. The third-order valence-electron chi connectivity index (χ3n) is 4.24. The van der Waals surface area contributed by atoms with Crippen LogP contribution in [0.4, 0.5) is 5.69 Å². The molecule has 0 radical (unpaired) electrons. The Balaban J connectivity index is 1.60. The molecule has 0 aliphatic rings. The van der Waals surface area contributed by atoms with Crippen LogP contribution in [0.3, 0.4) is 0 Å². The fraction of sp³-hybridized carbons (Fsp3) is 0.0455. The van der Waals surface area contributed by atoms with E-state index in [-0.39, 0.29) is 11.7 Å². The first-order chi connectivity index (χ1) is 15.0. The van der Waals surface area contributed by atoms with Crippen LogP contribution in [0.2, 0.25) is 15.1 Å². The van der Waals surface area contributed by atoms with Crippen molar-refractivity contribution in [3.8, 4) is 17.1 Å². The Morgan fingerprint density at radius 2 is 1.58 bits per heavy atom. The quantitative estimate of drug-likeness (QED) is 0.309. The van der Waals surface area contributed by atoms with Crippen molar-refractivity contribution in [2.45, 2.75) is 5.16 Å². The Kier molecular flexibility index (Phi) is 6.83. The summed E-state index contributed by atoms with van der Waals surface area (Å²) in [7, 11) is 0. The van der Waals surface area contributed by atoms with E-state index < -0.39 is 0 Å². The van der Waals surface area contributed by atoms with Gasteiger partial charge in [0.15, 0.2) is 11.0 Å². The van der Waals surface area contributed by atoms with Gasteiger partial charge in [-0.2, -0.15) is 0 Å². The van der Waals surface area contributed by atoms with Gasteiger partial charge < -0.3 is 5.32 Å². The zero-order chi connectivity index (χ0) is 21.8. The highest BCUT2D eigenvalue weighted by Crippen LogP contribution is 2.32. The fourth-order valence-electron chi connectivity index (χ4n) is 2.94. The van der Waals surface area contributed by atoms with Crippen molar-refractivity contribution in [2.75, 3.05) is 11.1 Å². The van der Waals surface area contributed by atoms with Crippen LogP contribution < -0.4 is 5.32 Å². The molecule has 1 N–H and O–H groups in total. The van der Waals surface area contributed by atoms with Gasteiger partial charge in [-0.3, -0.25) is 9.36 Å². The summed E-state index contributed by atoms with van der Waals surface area (Å²) in [5.41, 5.74) is 2.15. The molecule has 31 heavy (non-hydrogen) atoms. The van der Waals surface area contributed by atoms with Crippen molar-refractivity contribution in [1.82, 2.24) is 14.8 Å². The van der Waals surface area contributed by atoms with Crippen molar-refractivity contribution in [3.05, 3.63) is 87.9 Å². The maximum Gasteiger partial charge on any atom is 0.234 e. The predicted octanol–water partition coefficient (Wildman–Crippen LogP) is 6.63. The van der Waals surface area contributed by atoms with Gasteiger partial charge in [0.25, 0.3) is 0 Å². The number of anilines is 1. The van der Waals surface area contributed by atoms with E-state index in [1.54, 1.807) is 24.3 Å². The lowest BCUT2D eigenvalue weighted by molar-refractivity contribution is -0.113. The topological polar surface area (TPSA) is 59.8 Å². The second-order valence-corrected chi connectivity index (χ2v) is 8.67. The van der Waals surface area contributed by atoms with E-state index in [1.165, 1.54) is 11.8 Å². The highest BCUT2D eigenvalue weighted by atomic mass is 35.5. The third-order valence-corrected chi connectivity index (χ3v) is 5.94. The zero-order valence-corrected chi connectivity index (χ0v) is 19.0. The number of aromatic nitrogens is 3. The normalized spacial score (nSPS) is 10.8. The first-order valence-electron chi connectivity index (χ1n) is 9.16. The summed E-state index contributed by atoms with van der Waals surface area (Å²) in [5.74, 6) is 0.504. The molecule has 1 heterocycles. The Bertz CT molecular complexity index is 1210.